The van der Waals surface area contributed by atoms with Crippen molar-refractivity contribution < 1.29 is 9.53 Å². The fraction of sp³-hybridized carbons (Fsp3) is 0.500. The Balaban J connectivity index is 1.59. The highest BCUT2D eigenvalue weighted by Gasteiger charge is 2.31. The molecule has 0 bridgehead atoms. The first-order valence-electron chi connectivity index (χ1n) is 9.44. The van der Waals surface area contributed by atoms with Crippen molar-refractivity contribution in [3.05, 3.63) is 42.2 Å². The molecule has 0 saturated carbocycles. The predicted octanol–water partition coefficient (Wildman–Crippen LogP) is 3.72. The Labute approximate surface area is 168 Å². The van der Waals surface area contributed by atoms with Crippen LogP contribution in [-0.4, -0.2) is 63.4 Å². The van der Waals surface area contributed by atoms with Gasteiger partial charge in [-0.15, -0.1) is 0 Å². The third-order valence-corrected chi connectivity index (χ3v) is 7.00. The normalized spacial score (nSPS) is 22.3. The van der Waals surface area contributed by atoms with Crippen LogP contribution >= 0.6 is 23.5 Å². The van der Waals surface area contributed by atoms with Crippen LogP contribution in [0.3, 0.4) is 0 Å². The van der Waals surface area contributed by atoms with Gasteiger partial charge in [0.1, 0.15) is 0 Å². The summed E-state index contributed by atoms with van der Waals surface area (Å²) >= 11 is 3.53. The maximum Gasteiger partial charge on any atom is 0.254 e. The Morgan fingerprint density at radius 3 is 3.11 bits per heavy atom. The molecule has 144 valence electrons. The van der Waals surface area contributed by atoms with Gasteiger partial charge in [-0.2, -0.15) is 11.8 Å². The van der Waals surface area contributed by atoms with Crippen LogP contribution in [0.4, 0.5) is 0 Å². The van der Waals surface area contributed by atoms with Crippen molar-refractivity contribution in [2.45, 2.75) is 36.6 Å². The number of amides is 1. The number of carbonyl (C=O) groups is 1. The van der Waals surface area contributed by atoms with Crippen molar-refractivity contribution in [3.63, 3.8) is 0 Å². The Morgan fingerprint density at radius 2 is 2.37 bits per heavy atom. The van der Waals surface area contributed by atoms with E-state index >= 15 is 0 Å². The number of aromatic nitrogens is 2. The largest absolute Gasteiger partial charge is 0.376 e. The van der Waals surface area contributed by atoms with Crippen molar-refractivity contribution in [2.24, 2.45) is 0 Å². The molecule has 0 aliphatic carbocycles. The molecule has 2 aliphatic rings. The molecule has 1 amide bonds. The SMILES string of the molecule is CSc1nccn1-c1cccc(C(=O)N(CC2CCCO2)C2CCSC2)c1. The molecule has 2 fully saturated rings. The maximum absolute atomic E-state index is 13.4. The number of rotatable bonds is 6. The van der Waals surface area contributed by atoms with Crippen LogP contribution in [0.2, 0.25) is 0 Å². The number of hydrogen-bond donors (Lipinski definition) is 0. The monoisotopic (exact) mass is 403 g/mol. The lowest BCUT2D eigenvalue weighted by atomic mass is 10.1. The maximum atomic E-state index is 13.4. The van der Waals surface area contributed by atoms with Crippen LogP contribution < -0.4 is 0 Å². The van der Waals surface area contributed by atoms with Crippen LogP contribution in [0.25, 0.3) is 5.69 Å². The van der Waals surface area contributed by atoms with Crippen LogP contribution in [0, 0.1) is 0 Å². The molecule has 5 nitrogen and oxygen atoms in total. The van der Waals surface area contributed by atoms with E-state index in [0.29, 0.717) is 12.6 Å². The molecule has 1 aromatic carbocycles. The summed E-state index contributed by atoms with van der Waals surface area (Å²) in [5.74, 6) is 2.27. The van der Waals surface area contributed by atoms with Gasteiger partial charge in [-0.3, -0.25) is 9.36 Å². The highest BCUT2D eigenvalue weighted by atomic mass is 32.2. The molecule has 2 atom stereocenters. The number of thioether (sulfide) groups is 2. The van der Waals surface area contributed by atoms with Gasteiger partial charge in [0.15, 0.2) is 5.16 Å². The molecule has 27 heavy (non-hydrogen) atoms. The van der Waals surface area contributed by atoms with E-state index < -0.39 is 0 Å². The van der Waals surface area contributed by atoms with Crippen LogP contribution in [0.5, 0.6) is 0 Å². The molecule has 0 radical (unpaired) electrons. The lowest BCUT2D eigenvalue weighted by molar-refractivity contribution is 0.0442. The molecule has 0 N–H and O–H groups in total. The highest BCUT2D eigenvalue weighted by Crippen LogP contribution is 2.27. The summed E-state index contributed by atoms with van der Waals surface area (Å²) in [5.41, 5.74) is 1.71. The number of hydrogen-bond acceptors (Lipinski definition) is 5. The molecule has 0 spiro atoms. The van der Waals surface area contributed by atoms with Crippen LogP contribution in [0.15, 0.2) is 41.8 Å². The molecular weight excluding hydrogens is 378 g/mol. The average molecular weight is 404 g/mol. The minimum absolute atomic E-state index is 0.116. The molecule has 7 heteroatoms. The Hall–Kier alpha value is -1.44. The summed E-state index contributed by atoms with van der Waals surface area (Å²) in [4.78, 5) is 19.9. The fourth-order valence-corrected chi connectivity index (χ4v) is 5.52. The second-order valence-corrected chi connectivity index (χ2v) is 8.87. The standard InChI is InChI=1S/C20H25N3O2S2/c1-26-20-21-8-9-22(20)16-5-2-4-15(12-16)19(24)23(17-7-11-27-14-17)13-18-6-3-10-25-18/h2,4-5,8-9,12,17-18H,3,6-7,10-11,13-14H2,1H3. The predicted molar refractivity (Wildman–Crippen MR) is 111 cm³/mol. The molecule has 2 unspecified atom stereocenters. The minimum Gasteiger partial charge on any atom is -0.376 e. The molecular formula is C20H25N3O2S2. The van der Waals surface area contributed by atoms with E-state index in [1.165, 1.54) is 0 Å². The van der Waals surface area contributed by atoms with Crippen molar-refractivity contribution in [2.75, 3.05) is 30.9 Å². The molecule has 2 aromatic rings. The Bertz CT molecular complexity index is 783. The van der Waals surface area contributed by atoms with Crippen molar-refractivity contribution >= 4 is 29.4 Å². The molecule has 2 aliphatic heterocycles. The van der Waals surface area contributed by atoms with Gasteiger partial charge in [-0.1, -0.05) is 17.8 Å². The van der Waals surface area contributed by atoms with E-state index in [4.69, 9.17) is 4.74 Å². The highest BCUT2D eigenvalue weighted by molar-refractivity contribution is 7.99. The summed E-state index contributed by atoms with van der Waals surface area (Å²) in [6.07, 6.45) is 9.14. The summed E-state index contributed by atoms with van der Waals surface area (Å²) in [6, 6.07) is 8.19. The van der Waals surface area contributed by atoms with Gasteiger partial charge in [0.2, 0.25) is 0 Å². The van der Waals surface area contributed by atoms with Gasteiger partial charge in [-0.05, 0) is 49.5 Å². The Kier molecular flexibility index (Phi) is 6.10. The van der Waals surface area contributed by atoms with Crippen molar-refractivity contribution in [1.29, 1.82) is 0 Å². The second-order valence-electron chi connectivity index (χ2n) is 6.94. The number of benzene rings is 1. The first-order chi connectivity index (χ1) is 13.3. The topological polar surface area (TPSA) is 47.4 Å². The first kappa shape index (κ1) is 18.9. The van der Waals surface area contributed by atoms with E-state index in [1.54, 1.807) is 18.0 Å². The van der Waals surface area contributed by atoms with Gasteiger partial charge in [0.25, 0.3) is 5.91 Å². The quantitative estimate of drug-likeness (QED) is 0.688. The molecule has 1 aromatic heterocycles. The van der Waals surface area contributed by atoms with Crippen molar-refractivity contribution in [1.82, 2.24) is 14.5 Å². The number of carbonyl (C=O) groups excluding carboxylic acids is 1. The number of ether oxygens (including phenoxy) is 1. The van der Waals surface area contributed by atoms with E-state index in [2.05, 4.69) is 9.88 Å². The van der Waals surface area contributed by atoms with E-state index in [1.807, 2.05) is 53.0 Å². The van der Waals surface area contributed by atoms with E-state index in [0.717, 1.165) is 53.8 Å². The summed E-state index contributed by atoms with van der Waals surface area (Å²) in [6.45, 7) is 1.52. The average Bonchev–Trinajstić information content (AvgIpc) is 3.48. The van der Waals surface area contributed by atoms with Crippen LogP contribution in [-0.2, 0) is 4.74 Å². The zero-order chi connectivity index (χ0) is 18.6. The number of nitrogens with zero attached hydrogens (tertiary/aromatic N) is 3. The van der Waals surface area contributed by atoms with E-state index in [-0.39, 0.29) is 12.0 Å². The van der Waals surface area contributed by atoms with Gasteiger partial charge in [-0.25, -0.2) is 4.98 Å². The van der Waals surface area contributed by atoms with Crippen LogP contribution in [0.1, 0.15) is 29.6 Å². The zero-order valence-electron chi connectivity index (χ0n) is 15.5. The third kappa shape index (κ3) is 4.20. The molecule has 2 saturated heterocycles. The summed E-state index contributed by atoms with van der Waals surface area (Å²) in [5, 5.41) is 0.919. The fourth-order valence-electron chi connectivity index (χ4n) is 3.77. The lowest BCUT2D eigenvalue weighted by Gasteiger charge is -2.31. The van der Waals surface area contributed by atoms with Gasteiger partial charge >= 0.3 is 0 Å². The Morgan fingerprint density at radius 1 is 1.44 bits per heavy atom. The van der Waals surface area contributed by atoms with Gasteiger partial charge in [0, 0.05) is 48.6 Å². The lowest BCUT2D eigenvalue weighted by Crippen LogP contribution is -2.44. The third-order valence-electron chi connectivity index (χ3n) is 5.19. The van der Waals surface area contributed by atoms with Gasteiger partial charge in [0.05, 0.1) is 6.10 Å². The van der Waals surface area contributed by atoms with Crippen molar-refractivity contribution in [3.8, 4) is 5.69 Å². The first-order valence-corrected chi connectivity index (χ1v) is 11.8. The summed E-state index contributed by atoms with van der Waals surface area (Å²) < 4.78 is 7.85. The molecule has 4 rings (SSSR count). The number of imidazole rings is 1. The van der Waals surface area contributed by atoms with E-state index in [9.17, 15) is 4.79 Å². The smallest absolute Gasteiger partial charge is 0.254 e. The minimum atomic E-state index is 0.116. The zero-order valence-corrected chi connectivity index (χ0v) is 17.2. The molecule has 3 heterocycles. The van der Waals surface area contributed by atoms with Gasteiger partial charge < -0.3 is 9.64 Å². The summed E-state index contributed by atoms with van der Waals surface area (Å²) in [7, 11) is 0. The second kappa shape index (κ2) is 8.71.